The number of carbonyl (C=O) groups is 1. The minimum Gasteiger partial charge on any atom is -0.489 e. The van der Waals surface area contributed by atoms with E-state index < -0.39 is 0 Å². The predicted molar refractivity (Wildman–Crippen MR) is 123 cm³/mol. The Morgan fingerprint density at radius 3 is 2.23 bits per heavy atom. The van der Waals surface area contributed by atoms with Gasteiger partial charge < -0.3 is 4.74 Å². The van der Waals surface area contributed by atoms with Crippen LogP contribution in [0.25, 0.3) is 6.08 Å². The molecule has 0 aliphatic heterocycles. The second kappa shape index (κ2) is 10.1. The van der Waals surface area contributed by atoms with Crippen LogP contribution in [0.5, 0.6) is 5.75 Å². The van der Waals surface area contributed by atoms with E-state index in [9.17, 15) is 4.79 Å². The van der Waals surface area contributed by atoms with Crippen LogP contribution >= 0.6 is 0 Å². The Morgan fingerprint density at radius 2 is 1.53 bits per heavy atom. The number of hydrogen-bond donors (Lipinski definition) is 0. The van der Waals surface area contributed by atoms with Crippen molar-refractivity contribution in [3.63, 3.8) is 0 Å². The number of rotatable bonds is 7. The minimum absolute atomic E-state index is 0.0367. The van der Waals surface area contributed by atoms with E-state index in [2.05, 4.69) is 12.1 Å². The van der Waals surface area contributed by atoms with E-state index in [-0.39, 0.29) is 5.78 Å². The summed E-state index contributed by atoms with van der Waals surface area (Å²) in [5.41, 5.74) is 4.24. The molecule has 4 rings (SSSR count). The zero-order chi connectivity index (χ0) is 20.6. The summed E-state index contributed by atoms with van der Waals surface area (Å²) in [6, 6.07) is 26.1. The Balaban J connectivity index is 1.32. The molecule has 0 heterocycles. The van der Waals surface area contributed by atoms with Crippen molar-refractivity contribution in [1.29, 1.82) is 0 Å². The summed E-state index contributed by atoms with van der Waals surface area (Å²) in [5, 5.41) is 0. The second-order valence-electron chi connectivity index (χ2n) is 8.00. The lowest BCUT2D eigenvalue weighted by Gasteiger charge is -2.21. The molecule has 1 aliphatic carbocycles. The van der Waals surface area contributed by atoms with E-state index >= 15 is 0 Å². The molecule has 2 heteroatoms. The summed E-state index contributed by atoms with van der Waals surface area (Å²) < 4.78 is 5.81. The van der Waals surface area contributed by atoms with Gasteiger partial charge in [0.15, 0.2) is 5.78 Å². The summed E-state index contributed by atoms with van der Waals surface area (Å²) in [6.07, 6.45) is 10.1. The van der Waals surface area contributed by atoms with Gasteiger partial charge in [0.2, 0.25) is 0 Å². The van der Waals surface area contributed by atoms with Gasteiger partial charge >= 0.3 is 0 Å². The van der Waals surface area contributed by atoms with Crippen LogP contribution in [0, 0.1) is 0 Å². The zero-order valence-electron chi connectivity index (χ0n) is 17.3. The Morgan fingerprint density at radius 1 is 0.833 bits per heavy atom. The monoisotopic (exact) mass is 396 g/mol. The highest BCUT2D eigenvalue weighted by Crippen LogP contribution is 2.32. The number of ether oxygens (including phenoxy) is 1. The highest BCUT2D eigenvalue weighted by Gasteiger charge is 2.15. The summed E-state index contributed by atoms with van der Waals surface area (Å²) in [6.45, 7) is 0.547. The average Bonchev–Trinajstić information content (AvgIpc) is 2.83. The van der Waals surface area contributed by atoms with Crippen LogP contribution in [0.2, 0.25) is 0 Å². The molecule has 0 bridgehead atoms. The van der Waals surface area contributed by atoms with Crippen molar-refractivity contribution in [2.45, 2.75) is 44.6 Å². The van der Waals surface area contributed by atoms with Gasteiger partial charge in [0.05, 0.1) is 0 Å². The third kappa shape index (κ3) is 5.48. The molecule has 0 aromatic heterocycles. The van der Waals surface area contributed by atoms with Gasteiger partial charge in [-0.05, 0) is 53.7 Å². The molecular formula is C28H28O2. The molecule has 1 saturated carbocycles. The lowest BCUT2D eigenvalue weighted by molar-refractivity contribution is 0.104. The van der Waals surface area contributed by atoms with Crippen molar-refractivity contribution >= 4 is 11.9 Å². The lowest BCUT2D eigenvalue weighted by atomic mass is 9.84. The Labute approximate surface area is 179 Å². The zero-order valence-corrected chi connectivity index (χ0v) is 17.3. The normalized spacial score (nSPS) is 14.7. The van der Waals surface area contributed by atoms with Crippen LogP contribution in [-0.4, -0.2) is 5.78 Å². The Bertz CT molecular complexity index is 963. The summed E-state index contributed by atoms with van der Waals surface area (Å²) in [4.78, 5) is 12.5. The molecule has 0 unspecified atom stereocenters. The first-order valence-corrected chi connectivity index (χ1v) is 10.9. The smallest absolute Gasteiger partial charge is 0.185 e. The third-order valence-electron chi connectivity index (χ3n) is 5.83. The molecule has 0 N–H and O–H groups in total. The van der Waals surface area contributed by atoms with Gasteiger partial charge in [0.1, 0.15) is 12.4 Å². The van der Waals surface area contributed by atoms with E-state index in [1.54, 1.807) is 6.08 Å². The predicted octanol–water partition coefficient (Wildman–Crippen LogP) is 7.21. The fourth-order valence-electron chi connectivity index (χ4n) is 4.04. The average molecular weight is 397 g/mol. The molecular weight excluding hydrogens is 368 g/mol. The maximum absolute atomic E-state index is 12.5. The number of ketones is 1. The van der Waals surface area contributed by atoms with Gasteiger partial charge in [-0.2, -0.15) is 0 Å². The van der Waals surface area contributed by atoms with Crippen LogP contribution < -0.4 is 4.74 Å². The molecule has 152 valence electrons. The molecule has 3 aromatic carbocycles. The van der Waals surface area contributed by atoms with E-state index in [4.69, 9.17) is 4.74 Å². The summed E-state index contributed by atoms with van der Waals surface area (Å²) >= 11 is 0. The van der Waals surface area contributed by atoms with Gasteiger partial charge in [0.25, 0.3) is 0 Å². The highest BCUT2D eigenvalue weighted by atomic mass is 16.5. The van der Waals surface area contributed by atoms with E-state index in [0.717, 1.165) is 22.4 Å². The minimum atomic E-state index is 0.0367. The molecule has 30 heavy (non-hydrogen) atoms. The SMILES string of the molecule is O=C(C=Cc1ccc(OCc2ccccc2)cc1)c1ccc(C2CCCCC2)cc1. The Kier molecular flexibility index (Phi) is 6.76. The number of allylic oxidation sites excluding steroid dienone is 1. The van der Waals surface area contributed by atoms with Crippen LogP contribution in [0.3, 0.4) is 0 Å². The van der Waals surface area contributed by atoms with E-state index in [1.165, 1.54) is 37.7 Å². The van der Waals surface area contributed by atoms with Crippen molar-refractivity contribution in [2.24, 2.45) is 0 Å². The second-order valence-corrected chi connectivity index (χ2v) is 8.00. The first-order chi connectivity index (χ1) is 14.8. The first kappa shape index (κ1) is 20.2. The van der Waals surface area contributed by atoms with Crippen molar-refractivity contribution < 1.29 is 9.53 Å². The van der Waals surface area contributed by atoms with Gasteiger partial charge in [-0.1, -0.05) is 92.1 Å². The number of hydrogen-bond acceptors (Lipinski definition) is 2. The molecule has 0 atom stereocenters. The lowest BCUT2D eigenvalue weighted by Crippen LogP contribution is -2.05. The molecule has 2 nitrogen and oxygen atoms in total. The topological polar surface area (TPSA) is 26.3 Å². The van der Waals surface area contributed by atoms with Crippen LogP contribution in [0.4, 0.5) is 0 Å². The van der Waals surface area contributed by atoms with Gasteiger partial charge in [-0.15, -0.1) is 0 Å². The quantitative estimate of drug-likeness (QED) is 0.311. The molecule has 0 amide bonds. The maximum Gasteiger partial charge on any atom is 0.185 e. The Hall–Kier alpha value is -3.13. The van der Waals surface area contributed by atoms with Gasteiger partial charge in [-0.3, -0.25) is 4.79 Å². The summed E-state index contributed by atoms with van der Waals surface area (Å²) in [7, 11) is 0. The van der Waals surface area contributed by atoms with Crippen molar-refractivity contribution in [3.05, 3.63) is 107 Å². The fourth-order valence-corrected chi connectivity index (χ4v) is 4.04. The van der Waals surface area contributed by atoms with Crippen molar-refractivity contribution in [1.82, 2.24) is 0 Å². The van der Waals surface area contributed by atoms with Crippen molar-refractivity contribution in [2.75, 3.05) is 0 Å². The molecule has 0 saturated heterocycles. The first-order valence-electron chi connectivity index (χ1n) is 10.9. The van der Waals surface area contributed by atoms with Gasteiger partial charge in [0, 0.05) is 5.56 Å². The van der Waals surface area contributed by atoms with E-state index in [0.29, 0.717) is 12.5 Å². The fraction of sp³-hybridized carbons (Fsp3) is 0.250. The van der Waals surface area contributed by atoms with Gasteiger partial charge in [-0.25, -0.2) is 0 Å². The third-order valence-corrected chi connectivity index (χ3v) is 5.83. The standard InChI is InChI=1S/C28H28O2/c29-28(26-16-14-25(15-17-26)24-9-5-2-6-10-24)20-13-22-11-18-27(19-12-22)30-21-23-7-3-1-4-8-23/h1,3-4,7-8,11-20,24H,2,5-6,9-10,21H2. The molecule has 3 aromatic rings. The molecule has 1 fully saturated rings. The number of benzene rings is 3. The highest BCUT2D eigenvalue weighted by molar-refractivity contribution is 6.06. The molecule has 0 spiro atoms. The molecule has 0 radical (unpaired) electrons. The van der Waals surface area contributed by atoms with Crippen molar-refractivity contribution in [3.8, 4) is 5.75 Å². The van der Waals surface area contributed by atoms with Crippen LogP contribution in [0.15, 0.2) is 84.9 Å². The molecule has 1 aliphatic rings. The van der Waals surface area contributed by atoms with E-state index in [1.807, 2.05) is 72.8 Å². The van der Waals surface area contributed by atoms with Crippen LogP contribution in [0.1, 0.15) is 65.1 Å². The largest absolute Gasteiger partial charge is 0.489 e. The van der Waals surface area contributed by atoms with Crippen LogP contribution in [-0.2, 0) is 6.61 Å². The number of carbonyl (C=O) groups excluding carboxylic acids is 1. The summed E-state index contributed by atoms with van der Waals surface area (Å²) in [5.74, 6) is 1.52. The maximum atomic E-state index is 12.5.